The van der Waals surface area contributed by atoms with Gasteiger partial charge in [-0.2, -0.15) is 0 Å². The maximum Gasteiger partial charge on any atom is 0.165 e. The highest BCUT2D eigenvalue weighted by Gasteiger charge is 2.04. The highest BCUT2D eigenvalue weighted by atomic mass is 15.1. The van der Waals surface area contributed by atoms with Crippen LogP contribution < -0.4 is 5.73 Å². The molecule has 2 N–H and O–H groups in total. The average Bonchev–Trinajstić information content (AvgIpc) is 2.61. The third-order valence-corrected chi connectivity index (χ3v) is 1.48. The maximum atomic E-state index is 7.61. The van der Waals surface area contributed by atoms with E-state index in [1.54, 1.807) is 0 Å². The second kappa shape index (κ2) is 2.44. The molecule has 62 valence electrons. The first-order chi connectivity index (χ1) is 7.75. The van der Waals surface area contributed by atoms with Gasteiger partial charge < -0.3 is 10.3 Å². The zero-order valence-electron chi connectivity index (χ0n) is 11.0. The standard InChI is InChI=1S/C7H9N5/c1-2-12-4-11-5-6(8)9-3-10-7(5)12/h3-4H,2H2,1H3,(H2,8,9,10)/i1D3,2D2. The smallest absolute Gasteiger partial charge is 0.165 e. The topological polar surface area (TPSA) is 69.6 Å². The molecule has 0 aliphatic heterocycles. The van der Waals surface area contributed by atoms with Gasteiger partial charge in [0.1, 0.15) is 11.8 Å². The minimum absolute atomic E-state index is 0.0543. The Kier molecular flexibility index (Phi) is 0.688. The summed E-state index contributed by atoms with van der Waals surface area (Å²) in [6.45, 7) is -5.44. The zero-order chi connectivity index (χ0) is 12.8. The van der Waals surface area contributed by atoms with E-state index in [-0.39, 0.29) is 17.0 Å². The van der Waals surface area contributed by atoms with Gasteiger partial charge in [0.25, 0.3) is 0 Å². The molecule has 2 heterocycles. The summed E-state index contributed by atoms with van der Waals surface area (Å²) in [5.74, 6) is 0.0788. The van der Waals surface area contributed by atoms with E-state index >= 15 is 0 Å². The fourth-order valence-corrected chi connectivity index (χ4v) is 0.935. The van der Waals surface area contributed by atoms with Crippen molar-refractivity contribution < 1.29 is 6.85 Å². The first kappa shape index (κ1) is 3.38. The summed E-state index contributed by atoms with van der Waals surface area (Å²) in [6.07, 6.45) is 2.19. The van der Waals surface area contributed by atoms with E-state index in [4.69, 9.17) is 12.6 Å². The third kappa shape index (κ3) is 0.827. The lowest BCUT2D eigenvalue weighted by atomic mass is 10.5. The molecular weight excluding hydrogens is 154 g/mol. The lowest BCUT2D eigenvalue weighted by Crippen LogP contribution is -1.96. The van der Waals surface area contributed by atoms with Crippen LogP contribution in [0.2, 0.25) is 0 Å². The second-order valence-electron chi connectivity index (χ2n) is 2.16. The normalized spacial score (nSPS) is 19.2. The van der Waals surface area contributed by atoms with E-state index in [1.807, 2.05) is 0 Å². The molecule has 0 bridgehead atoms. The number of hydrogen-bond donors (Lipinski definition) is 1. The largest absolute Gasteiger partial charge is 0.382 e. The number of hydrogen-bond acceptors (Lipinski definition) is 4. The number of rotatable bonds is 1. The summed E-state index contributed by atoms with van der Waals surface area (Å²) in [7, 11) is 0. The number of aryl methyl sites for hydroxylation is 1. The second-order valence-corrected chi connectivity index (χ2v) is 2.16. The average molecular weight is 168 g/mol. The van der Waals surface area contributed by atoms with Crippen LogP contribution in [0.5, 0.6) is 0 Å². The summed E-state index contributed by atoms with van der Waals surface area (Å²) < 4.78 is 37.6. The van der Waals surface area contributed by atoms with Crippen LogP contribution in [0.25, 0.3) is 11.2 Å². The van der Waals surface area contributed by atoms with Crippen molar-refractivity contribution in [3.05, 3.63) is 12.7 Å². The van der Waals surface area contributed by atoms with Crippen molar-refractivity contribution in [1.29, 1.82) is 0 Å². The van der Waals surface area contributed by atoms with Crippen molar-refractivity contribution in [2.45, 2.75) is 13.3 Å². The monoisotopic (exact) mass is 168 g/mol. The van der Waals surface area contributed by atoms with Crippen LogP contribution >= 0.6 is 0 Å². The summed E-state index contributed by atoms with van der Waals surface area (Å²) in [6, 6.07) is 0. The van der Waals surface area contributed by atoms with E-state index in [0.717, 1.165) is 17.2 Å². The van der Waals surface area contributed by atoms with Gasteiger partial charge in [-0.15, -0.1) is 0 Å². The van der Waals surface area contributed by atoms with Crippen molar-refractivity contribution in [2.75, 3.05) is 5.73 Å². The van der Waals surface area contributed by atoms with Gasteiger partial charge >= 0.3 is 0 Å². The first-order valence-corrected chi connectivity index (χ1v) is 3.19. The lowest BCUT2D eigenvalue weighted by Gasteiger charge is -1.96. The Morgan fingerprint density at radius 2 is 2.58 bits per heavy atom. The minimum atomic E-state index is -2.83. The van der Waals surface area contributed by atoms with Gasteiger partial charge in [-0.05, 0) is 6.85 Å². The molecule has 5 heteroatoms. The molecule has 12 heavy (non-hydrogen) atoms. The summed E-state index contributed by atoms with van der Waals surface area (Å²) in [4.78, 5) is 11.3. The van der Waals surface area contributed by atoms with E-state index < -0.39 is 13.3 Å². The van der Waals surface area contributed by atoms with Crippen molar-refractivity contribution in [2.24, 2.45) is 0 Å². The van der Waals surface area contributed by atoms with Crippen molar-refractivity contribution >= 4 is 17.0 Å². The quantitative estimate of drug-likeness (QED) is 0.670. The third-order valence-electron chi connectivity index (χ3n) is 1.48. The molecule has 0 atom stereocenters. The first-order valence-electron chi connectivity index (χ1n) is 5.69. The molecule has 0 aliphatic carbocycles. The van der Waals surface area contributed by atoms with Gasteiger partial charge in [-0.1, -0.05) is 0 Å². The molecule has 0 spiro atoms. The molecular formula is C7H9N5. The van der Waals surface area contributed by atoms with Gasteiger partial charge in [0.15, 0.2) is 11.5 Å². The van der Waals surface area contributed by atoms with Crippen LogP contribution in [0, 0.1) is 0 Å². The van der Waals surface area contributed by atoms with Gasteiger partial charge in [-0.3, -0.25) is 0 Å². The molecule has 2 aromatic heterocycles. The summed E-state index contributed by atoms with van der Waals surface area (Å²) in [5, 5.41) is 0. The SMILES string of the molecule is [2H]C([2H])([2H])C([2H])([2H])n1cnc2c(N)ncnc21. The molecule has 0 saturated carbocycles. The number of anilines is 1. The Bertz CT molecular complexity index is 559. The Hall–Kier alpha value is -1.65. The predicted molar refractivity (Wildman–Crippen MR) is 45.4 cm³/mol. The maximum absolute atomic E-state index is 7.61. The van der Waals surface area contributed by atoms with Gasteiger partial charge in [0.05, 0.1) is 6.33 Å². The van der Waals surface area contributed by atoms with Gasteiger partial charge in [0, 0.05) is 13.4 Å². The molecule has 2 rings (SSSR count). The number of imidazole rings is 1. The van der Waals surface area contributed by atoms with Gasteiger partial charge in [0.2, 0.25) is 0 Å². The Morgan fingerprint density at radius 1 is 1.67 bits per heavy atom. The van der Waals surface area contributed by atoms with Gasteiger partial charge in [-0.25, -0.2) is 15.0 Å². The molecule has 0 amide bonds. The molecule has 0 aromatic carbocycles. The van der Waals surface area contributed by atoms with E-state index in [9.17, 15) is 0 Å². The predicted octanol–water partition coefficient (Wildman–Crippen LogP) is 0.428. The van der Waals surface area contributed by atoms with Crippen molar-refractivity contribution in [1.82, 2.24) is 19.5 Å². The number of nitrogens with zero attached hydrogens (tertiary/aromatic N) is 4. The van der Waals surface area contributed by atoms with Crippen LogP contribution in [0.1, 0.15) is 13.7 Å². The van der Waals surface area contributed by atoms with Crippen LogP contribution in [0.3, 0.4) is 0 Å². The Labute approximate surface area is 76.3 Å². The fraction of sp³-hybridized carbons (Fsp3) is 0.286. The van der Waals surface area contributed by atoms with E-state index in [2.05, 4.69) is 15.0 Å². The van der Waals surface area contributed by atoms with Crippen molar-refractivity contribution in [3.63, 3.8) is 0 Å². The Balaban J connectivity index is 2.69. The van der Waals surface area contributed by atoms with E-state index in [1.165, 1.54) is 0 Å². The molecule has 0 unspecified atom stereocenters. The highest BCUT2D eigenvalue weighted by Crippen LogP contribution is 2.13. The molecule has 0 saturated heterocycles. The zero-order valence-corrected chi connectivity index (χ0v) is 6.02. The van der Waals surface area contributed by atoms with Crippen molar-refractivity contribution in [3.8, 4) is 0 Å². The van der Waals surface area contributed by atoms with Crippen LogP contribution in [0.4, 0.5) is 5.82 Å². The number of nitrogen functional groups attached to an aromatic ring is 1. The molecule has 0 fully saturated rings. The van der Waals surface area contributed by atoms with Crippen LogP contribution in [-0.4, -0.2) is 19.5 Å². The summed E-state index contributed by atoms with van der Waals surface area (Å²) >= 11 is 0. The lowest BCUT2D eigenvalue weighted by molar-refractivity contribution is 0.777. The Morgan fingerprint density at radius 3 is 3.42 bits per heavy atom. The number of aromatic nitrogens is 4. The molecule has 0 radical (unpaired) electrons. The number of fused-ring (bicyclic) bond motifs is 1. The highest BCUT2D eigenvalue weighted by molar-refractivity contribution is 5.80. The fourth-order valence-electron chi connectivity index (χ4n) is 0.935. The van der Waals surface area contributed by atoms with E-state index in [0.29, 0.717) is 0 Å². The molecule has 5 nitrogen and oxygen atoms in total. The molecule has 2 aromatic rings. The minimum Gasteiger partial charge on any atom is -0.382 e. The van der Waals surface area contributed by atoms with Crippen LogP contribution in [0.15, 0.2) is 12.7 Å². The molecule has 0 aliphatic rings. The summed E-state index contributed by atoms with van der Waals surface area (Å²) in [5.41, 5.74) is 5.77. The van der Waals surface area contributed by atoms with Crippen LogP contribution in [-0.2, 0) is 6.50 Å². The number of nitrogens with two attached hydrogens (primary N) is 1.